The third-order valence-corrected chi connectivity index (χ3v) is 3.63. The van der Waals surface area contributed by atoms with Crippen molar-refractivity contribution in [3.63, 3.8) is 0 Å². The molecule has 0 bridgehead atoms. The Labute approximate surface area is 106 Å². The monoisotopic (exact) mass is 269 g/mol. The summed E-state index contributed by atoms with van der Waals surface area (Å²) in [4.78, 5) is 22.9. The Morgan fingerprint density at radius 1 is 1.17 bits per heavy atom. The molecule has 0 radical (unpaired) electrons. The second kappa shape index (κ2) is 5.30. The lowest BCUT2D eigenvalue weighted by atomic mass is 10.2. The minimum absolute atomic E-state index is 0.142. The van der Waals surface area contributed by atoms with Gasteiger partial charge in [-0.3, -0.25) is 9.59 Å². The molecule has 0 saturated carbocycles. The van der Waals surface area contributed by atoms with Crippen molar-refractivity contribution in [2.75, 3.05) is 6.26 Å². The van der Waals surface area contributed by atoms with E-state index in [0.29, 0.717) is 5.56 Å². The smallest absolute Gasteiger partial charge is 0.251 e. The molecule has 0 heterocycles. The van der Waals surface area contributed by atoms with Gasteiger partial charge in [0.15, 0.2) is 15.6 Å². The van der Waals surface area contributed by atoms with E-state index in [-0.39, 0.29) is 10.7 Å². The summed E-state index contributed by atoms with van der Waals surface area (Å²) in [5.74, 6) is -0.547. The van der Waals surface area contributed by atoms with Crippen molar-refractivity contribution >= 4 is 21.5 Å². The number of carbonyl (C=O) groups is 2. The summed E-state index contributed by atoms with van der Waals surface area (Å²) in [5.41, 5.74) is 0.315. The van der Waals surface area contributed by atoms with Crippen molar-refractivity contribution in [2.24, 2.45) is 0 Å². The van der Waals surface area contributed by atoms with Crippen molar-refractivity contribution in [2.45, 2.75) is 24.8 Å². The van der Waals surface area contributed by atoms with Gasteiger partial charge in [0, 0.05) is 11.8 Å². The average molecular weight is 269 g/mol. The van der Waals surface area contributed by atoms with Crippen molar-refractivity contribution in [3.8, 4) is 0 Å². The number of hydrogen-bond donors (Lipinski definition) is 1. The van der Waals surface area contributed by atoms with E-state index < -0.39 is 21.8 Å². The minimum atomic E-state index is -3.27. The molecule has 0 spiro atoms. The lowest BCUT2D eigenvalue weighted by Gasteiger charge is -2.10. The van der Waals surface area contributed by atoms with Crippen LogP contribution in [-0.4, -0.2) is 32.4 Å². The molecule has 1 atom stereocenters. The van der Waals surface area contributed by atoms with Gasteiger partial charge in [-0.15, -0.1) is 0 Å². The minimum Gasteiger partial charge on any atom is -0.343 e. The predicted molar refractivity (Wildman–Crippen MR) is 67.2 cm³/mol. The molecule has 0 aliphatic rings. The maximum Gasteiger partial charge on any atom is 0.251 e. The molecule has 0 fully saturated rings. The molecule has 5 nitrogen and oxygen atoms in total. The van der Waals surface area contributed by atoms with Crippen LogP contribution in [0.1, 0.15) is 24.2 Å². The van der Waals surface area contributed by atoms with Crippen LogP contribution in [0, 0.1) is 0 Å². The molecule has 0 aromatic heterocycles. The summed E-state index contributed by atoms with van der Waals surface area (Å²) in [5, 5.41) is 2.52. The molecule has 6 heteroatoms. The van der Waals surface area contributed by atoms with Crippen LogP contribution in [0.15, 0.2) is 29.2 Å². The van der Waals surface area contributed by atoms with E-state index in [1.807, 2.05) is 0 Å². The Morgan fingerprint density at radius 2 is 1.67 bits per heavy atom. The highest BCUT2D eigenvalue weighted by molar-refractivity contribution is 7.90. The quantitative estimate of drug-likeness (QED) is 0.876. The first-order valence-electron chi connectivity index (χ1n) is 5.33. The van der Waals surface area contributed by atoms with Crippen LogP contribution in [0.25, 0.3) is 0 Å². The number of benzene rings is 1. The summed E-state index contributed by atoms with van der Waals surface area (Å²) in [6.07, 6.45) is 1.10. The summed E-state index contributed by atoms with van der Waals surface area (Å²) in [6.45, 7) is 2.98. The first-order chi connectivity index (χ1) is 8.21. The molecule has 1 amide bonds. The molecule has 0 aliphatic carbocycles. The molecule has 98 valence electrons. The molecule has 1 rings (SSSR count). The van der Waals surface area contributed by atoms with Gasteiger partial charge >= 0.3 is 0 Å². The van der Waals surface area contributed by atoms with E-state index in [1.54, 1.807) is 6.92 Å². The van der Waals surface area contributed by atoms with E-state index >= 15 is 0 Å². The maximum atomic E-state index is 11.7. The van der Waals surface area contributed by atoms with E-state index in [2.05, 4.69) is 5.32 Å². The molecule has 1 aromatic carbocycles. The van der Waals surface area contributed by atoms with E-state index in [4.69, 9.17) is 0 Å². The van der Waals surface area contributed by atoms with Crippen LogP contribution in [0.5, 0.6) is 0 Å². The van der Waals surface area contributed by atoms with E-state index in [9.17, 15) is 18.0 Å². The Bertz CT molecular complexity index is 560. The third kappa shape index (κ3) is 3.66. The Hall–Kier alpha value is -1.69. The normalized spacial score (nSPS) is 12.8. The van der Waals surface area contributed by atoms with Gasteiger partial charge in [0.2, 0.25) is 0 Å². The highest BCUT2D eigenvalue weighted by Crippen LogP contribution is 2.10. The SMILES string of the molecule is CC(=O)C(C)NC(=O)c1ccc(S(C)(=O)=O)cc1. The van der Waals surface area contributed by atoms with Crippen LogP contribution >= 0.6 is 0 Å². The summed E-state index contributed by atoms with van der Waals surface area (Å²) in [7, 11) is -3.27. The lowest BCUT2D eigenvalue weighted by molar-refractivity contribution is -0.118. The summed E-state index contributed by atoms with van der Waals surface area (Å²) in [6, 6.07) is 5.00. The largest absolute Gasteiger partial charge is 0.343 e. The fourth-order valence-electron chi connectivity index (χ4n) is 1.24. The standard InChI is InChI=1S/C12H15NO4S/c1-8(9(2)14)13-12(15)10-4-6-11(7-5-10)18(3,16)17/h4-8H,1-3H3,(H,13,15). The van der Waals surface area contributed by atoms with Gasteiger partial charge in [-0.2, -0.15) is 0 Å². The number of nitrogens with one attached hydrogen (secondary N) is 1. The summed E-state index contributed by atoms with van der Waals surface area (Å²) < 4.78 is 22.5. The van der Waals surface area contributed by atoms with Gasteiger partial charge in [-0.1, -0.05) is 0 Å². The van der Waals surface area contributed by atoms with Gasteiger partial charge in [0.25, 0.3) is 5.91 Å². The molecule has 0 aliphatic heterocycles. The topological polar surface area (TPSA) is 80.3 Å². The third-order valence-electron chi connectivity index (χ3n) is 2.50. The number of amides is 1. The predicted octanol–water partition coefficient (Wildman–Crippen LogP) is 0.797. The Kier molecular flexibility index (Phi) is 4.24. The molecule has 1 aromatic rings. The van der Waals surface area contributed by atoms with Gasteiger partial charge in [0.05, 0.1) is 10.9 Å². The van der Waals surface area contributed by atoms with Gasteiger partial charge < -0.3 is 5.32 Å². The van der Waals surface area contributed by atoms with Crippen LogP contribution in [0.4, 0.5) is 0 Å². The summed E-state index contributed by atoms with van der Waals surface area (Å²) >= 11 is 0. The average Bonchev–Trinajstić information content (AvgIpc) is 2.27. The number of sulfone groups is 1. The molecule has 1 unspecified atom stereocenters. The maximum absolute atomic E-state index is 11.7. The highest BCUT2D eigenvalue weighted by Gasteiger charge is 2.14. The second-order valence-corrected chi connectivity index (χ2v) is 6.12. The van der Waals surface area contributed by atoms with E-state index in [0.717, 1.165) is 6.26 Å². The fraction of sp³-hybridized carbons (Fsp3) is 0.333. The van der Waals surface area contributed by atoms with Gasteiger partial charge in [-0.25, -0.2) is 8.42 Å². The number of carbonyl (C=O) groups excluding carboxylic acids is 2. The van der Waals surface area contributed by atoms with Gasteiger partial charge in [0.1, 0.15) is 0 Å². The number of Topliss-reactive ketones (excluding diaryl/α,β-unsaturated/α-hetero) is 1. The zero-order valence-electron chi connectivity index (χ0n) is 10.4. The molecule has 18 heavy (non-hydrogen) atoms. The molecule has 1 N–H and O–H groups in total. The molecular weight excluding hydrogens is 254 g/mol. The first kappa shape index (κ1) is 14.4. The molecule has 0 saturated heterocycles. The van der Waals surface area contributed by atoms with E-state index in [1.165, 1.54) is 31.2 Å². The zero-order valence-corrected chi connectivity index (χ0v) is 11.2. The van der Waals surface area contributed by atoms with Crippen LogP contribution in [0.2, 0.25) is 0 Å². The lowest BCUT2D eigenvalue weighted by Crippen LogP contribution is -2.37. The van der Waals surface area contributed by atoms with Crippen molar-refractivity contribution in [3.05, 3.63) is 29.8 Å². The van der Waals surface area contributed by atoms with Crippen LogP contribution in [-0.2, 0) is 14.6 Å². The van der Waals surface area contributed by atoms with Gasteiger partial charge in [-0.05, 0) is 38.1 Å². The van der Waals surface area contributed by atoms with Crippen molar-refractivity contribution in [1.29, 1.82) is 0 Å². The Morgan fingerprint density at radius 3 is 2.06 bits per heavy atom. The molecular formula is C12H15NO4S. The second-order valence-electron chi connectivity index (χ2n) is 4.10. The van der Waals surface area contributed by atoms with Crippen LogP contribution in [0.3, 0.4) is 0 Å². The van der Waals surface area contributed by atoms with Crippen LogP contribution < -0.4 is 5.32 Å². The zero-order chi connectivity index (χ0) is 13.9. The highest BCUT2D eigenvalue weighted by atomic mass is 32.2. The number of rotatable bonds is 4. The van der Waals surface area contributed by atoms with Crippen molar-refractivity contribution < 1.29 is 18.0 Å². The number of hydrogen-bond acceptors (Lipinski definition) is 4. The Balaban J connectivity index is 2.86. The number of ketones is 1. The fourth-order valence-corrected chi connectivity index (χ4v) is 1.87. The first-order valence-corrected chi connectivity index (χ1v) is 7.22. The van der Waals surface area contributed by atoms with Crippen molar-refractivity contribution in [1.82, 2.24) is 5.32 Å².